The van der Waals surface area contributed by atoms with Crippen LogP contribution in [-0.4, -0.2) is 30.9 Å². The van der Waals surface area contributed by atoms with Gasteiger partial charge in [0.1, 0.15) is 0 Å². The fourth-order valence-electron chi connectivity index (χ4n) is 1.95. The van der Waals surface area contributed by atoms with E-state index >= 15 is 0 Å². The summed E-state index contributed by atoms with van der Waals surface area (Å²) in [7, 11) is 3.62. The van der Waals surface area contributed by atoms with Gasteiger partial charge >= 0.3 is 0 Å². The van der Waals surface area contributed by atoms with Crippen molar-refractivity contribution in [2.45, 2.75) is 32.2 Å². The molecule has 1 aliphatic carbocycles. The van der Waals surface area contributed by atoms with Crippen molar-refractivity contribution in [3.8, 4) is 0 Å². The highest BCUT2D eigenvalue weighted by Crippen LogP contribution is 2.28. The van der Waals surface area contributed by atoms with Crippen molar-refractivity contribution < 1.29 is 4.79 Å². The smallest absolute Gasteiger partial charge is 0.225 e. The van der Waals surface area contributed by atoms with Crippen molar-refractivity contribution in [2.24, 2.45) is 17.6 Å². The van der Waals surface area contributed by atoms with Gasteiger partial charge in [0, 0.05) is 26.1 Å². The molecule has 0 aromatic heterocycles. The molecule has 0 radical (unpaired) electrons. The number of amides is 1. The lowest BCUT2D eigenvalue weighted by molar-refractivity contribution is -0.134. The van der Waals surface area contributed by atoms with Gasteiger partial charge in [-0.05, 0) is 25.2 Å². The van der Waals surface area contributed by atoms with Crippen LogP contribution >= 0.6 is 0 Å². The Morgan fingerprint density at radius 1 is 1.38 bits per heavy atom. The summed E-state index contributed by atoms with van der Waals surface area (Å²) in [5.74, 6) is 0.981. The molecule has 0 aromatic rings. The van der Waals surface area contributed by atoms with Crippen LogP contribution in [0.3, 0.4) is 0 Å². The molecular weight excluding hydrogens is 164 g/mol. The molecule has 3 heteroatoms. The van der Waals surface area contributed by atoms with Crippen molar-refractivity contribution >= 4 is 5.91 Å². The Kier molecular flexibility index (Phi) is 3.31. The molecular formula is C10H20N2O. The van der Waals surface area contributed by atoms with Gasteiger partial charge in [0.15, 0.2) is 0 Å². The molecule has 1 amide bonds. The molecule has 0 bridgehead atoms. The zero-order chi connectivity index (χ0) is 10.0. The Labute approximate surface area is 80.3 Å². The summed E-state index contributed by atoms with van der Waals surface area (Å²) in [4.78, 5) is 13.3. The second-order valence-electron chi connectivity index (χ2n) is 4.38. The standard InChI is InChI=1S/C10H20N2O/c1-7-4-5-8(6-9(7)11)10(13)12(2)3/h7-9H,4-6,11H2,1-3H3. The summed E-state index contributed by atoms with van der Waals surface area (Å²) < 4.78 is 0. The summed E-state index contributed by atoms with van der Waals surface area (Å²) in [5.41, 5.74) is 5.94. The maximum Gasteiger partial charge on any atom is 0.225 e. The van der Waals surface area contributed by atoms with Gasteiger partial charge < -0.3 is 10.6 Å². The van der Waals surface area contributed by atoms with Gasteiger partial charge in [-0.2, -0.15) is 0 Å². The van der Waals surface area contributed by atoms with Gasteiger partial charge in [-0.15, -0.1) is 0 Å². The third kappa shape index (κ3) is 2.44. The van der Waals surface area contributed by atoms with Crippen molar-refractivity contribution in [1.82, 2.24) is 4.90 Å². The first kappa shape index (κ1) is 10.5. The molecule has 1 aliphatic rings. The van der Waals surface area contributed by atoms with Crippen LogP contribution in [0, 0.1) is 11.8 Å². The first-order chi connectivity index (χ1) is 6.02. The van der Waals surface area contributed by atoms with E-state index in [0.29, 0.717) is 5.92 Å². The SMILES string of the molecule is CC1CCC(C(=O)N(C)C)CC1N. The summed E-state index contributed by atoms with van der Waals surface area (Å²) in [6.07, 6.45) is 2.95. The van der Waals surface area contributed by atoms with Crippen LogP contribution in [0.1, 0.15) is 26.2 Å². The van der Waals surface area contributed by atoms with Crippen molar-refractivity contribution in [3.63, 3.8) is 0 Å². The average molecular weight is 184 g/mol. The molecule has 1 fully saturated rings. The Balaban J connectivity index is 2.50. The normalized spacial score (nSPS) is 34.3. The molecule has 0 aromatic carbocycles. The molecule has 0 aliphatic heterocycles. The Bertz CT molecular complexity index is 191. The largest absolute Gasteiger partial charge is 0.349 e. The lowest BCUT2D eigenvalue weighted by Gasteiger charge is -2.32. The number of rotatable bonds is 1. The Morgan fingerprint density at radius 2 is 2.00 bits per heavy atom. The highest BCUT2D eigenvalue weighted by Gasteiger charge is 2.30. The maximum absolute atomic E-state index is 11.6. The summed E-state index contributed by atoms with van der Waals surface area (Å²) in [6, 6.07) is 0.211. The van der Waals surface area contributed by atoms with Crippen LogP contribution in [0.2, 0.25) is 0 Å². The minimum atomic E-state index is 0.168. The summed E-state index contributed by atoms with van der Waals surface area (Å²) >= 11 is 0. The Morgan fingerprint density at radius 3 is 2.46 bits per heavy atom. The van der Waals surface area contributed by atoms with Crippen molar-refractivity contribution in [1.29, 1.82) is 0 Å². The van der Waals surface area contributed by atoms with Gasteiger partial charge in [-0.1, -0.05) is 6.92 Å². The lowest BCUT2D eigenvalue weighted by atomic mass is 9.79. The number of hydrogen-bond donors (Lipinski definition) is 1. The van der Waals surface area contributed by atoms with Gasteiger partial charge in [-0.25, -0.2) is 0 Å². The van der Waals surface area contributed by atoms with Crippen molar-refractivity contribution in [3.05, 3.63) is 0 Å². The number of carbonyl (C=O) groups is 1. The van der Waals surface area contributed by atoms with E-state index < -0.39 is 0 Å². The van der Waals surface area contributed by atoms with Crippen LogP contribution in [0.4, 0.5) is 0 Å². The van der Waals surface area contributed by atoms with E-state index in [1.807, 2.05) is 14.1 Å². The molecule has 13 heavy (non-hydrogen) atoms. The topological polar surface area (TPSA) is 46.3 Å². The lowest BCUT2D eigenvalue weighted by Crippen LogP contribution is -2.40. The third-order valence-corrected chi connectivity index (χ3v) is 3.05. The van der Waals surface area contributed by atoms with Crippen LogP contribution in [-0.2, 0) is 4.79 Å². The van der Waals surface area contributed by atoms with E-state index in [4.69, 9.17) is 5.73 Å². The number of nitrogens with zero attached hydrogens (tertiary/aromatic N) is 1. The second-order valence-corrected chi connectivity index (χ2v) is 4.38. The molecule has 1 rings (SSSR count). The highest BCUT2D eigenvalue weighted by atomic mass is 16.2. The van der Waals surface area contributed by atoms with Gasteiger partial charge in [0.05, 0.1) is 0 Å². The first-order valence-electron chi connectivity index (χ1n) is 4.99. The van der Waals surface area contributed by atoms with E-state index in [-0.39, 0.29) is 17.9 Å². The monoisotopic (exact) mass is 184 g/mol. The van der Waals surface area contributed by atoms with Gasteiger partial charge in [0.2, 0.25) is 5.91 Å². The average Bonchev–Trinajstić information content (AvgIpc) is 2.08. The van der Waals surface area contributed by atoms with Gasteiger partial charge in [-0.3, -0.25) is 4.79 Å². The van der Waals surface area contributed by atoms with Crippen LogP contribution < -0.4 is 5.73 Å². The first-order valence-corrected chi connectivity index (χ1v) is 4.99. The molecule has 1 saturated carbocycles. The van der Waals surface area contributed by atoms with E-state index in [0.717, 1.165) is 19.3 Å². The maximum atomic E-state index is 11.6. The minimum Gasteiger partial charge on any atom is -0.349 e. The molecule has 2 N–H and O–H groups in total. The summed E-state index contributed by atoms with van der Waals surface area (Å²) in [6.45, 7) is 2.17. The predicted octanol–water partition coefficient (Wildman–Crippen LogP) is 0.838. The second kappa shape index (κ2) is 4.09. The molecule has 76 valence electrons. The molecule has 3 unspecified atom stereocenters. The number of carbonyl (C=O) groups excluding carboxylic acids is 1. The van der Waals surface area contributed by atoms with Crippen LogP contribution in [0.15, 0.2) is 0 Å². The predicted molar refractivity (Wildman–Crippen MR) is 53.2 cm³/mol. The number of hydrogen-bond acceptors (Lipinski definition) is 2. The quantitative estimate of drug-likeness (QED) is 0.656. The molecule has 0 saturated heterocycles. The third-order valence-electron chi connectivity index (χ3n) is 3.05. The van der Waals surface area contributed by atoms with E-state index in [1.165, 1.54) is 0 Å². The zero-order valence-corrected chi connectivity index (χ0v) is 8.79. The fraction of sp³-hybridized carbons (Fsp3) is 0.900. The van der Waals surface area contributed by atoms with Crippen LogP contribution in [0.25, 0.3) is 0 Å². The molecule has 0 heterocycles. The molecule has 3 atom stereocenters. The fourth-order valence-corrected chi connectivity index (χ4v) is 1.95. The minimum absolute atomic E-state index is 0.168. The van der Waals surface area contributed by atoms with Gasteiger partial charge in [0.25, 0.3) is 0 Å². The zero-order valence-electron chi connectivity index (χ0n) is 8.79. The van der Waals surface area contributed by atoms with E-state index in [2.05, 4.69) is 6.92 Å². The Hall–Kier alpha value is -0.570. The van der Waals surface area contributed by atoms with E-state index in [1.54, 1.807) is 4.90 Å². The van der Waals surface area contributed by atoms with E-state index in [9.17, 15) is 4.79 Å². The van der Waals surface area contributed by atoms with Crippen molar-refractivity contribution in [2.75, 3.05) is 14.1 Å². The number of nitrogens with two attached hydrogens (primary N) is 1. The molecule has 0 spiro atoms. The summed E-state index contributed by atoms with van der Waals surface area (Å²) in [5, 5.41) is 0. The highest BCUT2D eigenvalue weighted by molar-refractivity contribution is 5.78. The molecule has 3 nitrogen and oxygen atoms in total. The van der Waals surface area contributed by atoms with Crippen LogP contribution in [0.5, 0.6) is 0 Å².